The zero-order valence-electron chi connectivity index (χ0n) is 15.7. The Hall–Kier alpha value is -2.54. The molecular weight excluding hydrogens is 362 g/mol. The third kappa shape index (κ3) is 4.42. The second-order valence-corrected chi connectivity index (χ2v) is 7.27. The van der Waals surface area contributed by atoms with Gasteiger partial charge in [0.1, 0.15) is 5.25 Å². The summed E-state index contributed by atoms with van der Waals surface area (Å²) in [6, 6.07) is 11.7. The van der Waals surface area contributed by atoms with Crippen molar-refractivity contribution in [3.63, 3.8) is 0 Å². The van der Waals surface area contributed by atoms with E-state index in [2.05, 4.69) is 10.2 Å². The molecule has 3 rings (SSSR count). The van der Waals surface area contributed by atoms with Crippen molar-refractivity contribution in [1.82, 2.24) is 14.8 Å². The third-order valence-corrected chi connectivity index (χ3v) is 5.20. The van der Waals surface area contributed by atoms with Gasteiger partial charge in [-0.2, -0.15) is 0 Å². The van der Waals surface area contributed by atoms with E-state index in [1.165, 1.54) is 11.8 Å². The summed E-state index contributed by atoms with van der Waals surface area (Å²) in [6.45, 7) is 6.26. The van der Waals surface area contributed by atoms with E-state index in [-0.39, 0.29) is 11.2 Å². The molecule has 0 bridgehead atoms. The van der Waals surface area contributed by atoms with Crippen LogP contribution in [0, 0.1) is 6.92 Å². The highest BCUT2D eigenvalue weighted by Crippen LogP contribution is 2.32. The van der Waals surface area contributed by atoms with Crippen LogP contribution in [0.25, 0.3) is 17.3 Å². The molecule has 0 aliphatic rings. The van der Waals surface area contributed by atoms with Crippen LogP contribution in [0.15, 0.2) is 52.2 Å². The summed E-state index contributed by atoms with van der Waals surface area (Å²) >= 11 is 1.38. The lowest BCUT2D eigenvalue weighted by molar-refractivity contribution is -0.142. The number of carbonyl (C=O) groups is 1. The summed E-state index contributed by atoms with van der Waals surface area (Å²) in [5.74, 6) is 1.01. The minimum Gasteiger partial charge on any atom is -0.465 e. The molecule has 3 aromatic rings. The lowest BCUT2D eigenvalue weighted by atomic mass is 10.2. The van der Waals surface area contributed by atoms with Gasteiger partial charge in [-0.3, -0.25) is 9.36 Å². The van der Waals surface area contributed by atoms with Gasteiger partial charge in [-0.1, -0.05) is 42.8 Å². The molecule has 0 amide bonds. The smallest absolute Gasteiger partial charge is 0.319 e. The predicted molar refractivity (Wildman–Crippen MR) is 105 cm³/mol. The van der Waals surface area contributed by atoms with Crippen molar-refractivity contribution in [3.8, 4) is 17.3 Å². The summed E-state index contributed by atoms with van der Waals surface area (Å²) in [5.41, 5.74) is 2.08. The predicted octanol–water partition coefficient (Wildman–Crippen LogP) is 4.66. The third-order valence-electron chi connectivity index (χ3n) is 4.02. The van der Waals surface area contributed by atoms with Crippen LogP contribution < -0.4 is 0 Å². The Bertz CT molecular complexity index is 873. The maximum atomic E-state index is 12.3. The summed E-state index contributed by atoms with van der Waals surface area (Å²) in [7, 11) is 0. The van der Waals surface area contributed by atoms with Gasteiger partial charge in [-0.25, -0.2) is 0 Å². The normalized spacial score (nSPS) is 12.1. The lowest BCUT2D eigenvalue weighted by Gasteiger charge is -2.15. The number of ether oxygens (including phenoxy) is 1. The number of aryl methyl sites for hydroxylation is 1. The molecule has 0 spiro atoms. The molecule has 1 atom stereocenters. The number of thioether (sulfide) groups is 1. The first kappa shape index (κ1) is 19.2. The largest absolute Gasteiger partial charge is 0.465 e. The van der Waals surface area contributed by atoms with E-state index in [9.17, 15) is 4.79 Å². The van der Waals surface area contributed by atoms with Gasteiger partial charge < -0.3 is 9.15 Å². The molecule has 0 aliphatic heterocycles. The quantitative estimate of drug-likeness (QED) is 0.415. The van der Waals surface area contributed by atoms with Crippen molar-refractivity contribution >= 4 is 17.7 Å². The molecule has 142 valence electrons. The van der Waals surface area contributed by atoms with Crippen LogP contribution in [0.3, 0.4) is 0 Å². The van der Waals surface area contributed by atoms with Crippen LogP contribution >= 0.6 is 11.8 Å². The van der Waals surface area contributed by atoms with Gasteiger partial charge in [0.2, 0.25) is 5.82 Å². The average molecular weight is 385 g/mol. The van der Waals surface area contributed by atoms with E-state index >= 15 is 0 Å². The van der Waals surface area contributed by atoms with E-state index in [1.54, 1.807) is 6.26 Å². The SMILES string of the molecule is CCC[C@H](Sc1nnc(-c2ccco2)n1-c1ccc(C)cc1)C(=O)OCC. The van der Waals surface area contributed by atoms with Crippen molar-refractivity contribution in [2.24, 2.45) is 0 Å². The maximum absolute atomic E-state index is 12.3. The topological polar surface area (TPSA) is 70.2 Å². The summed E-state index contributed by atoms with van der Waals surface area (Å²) < 4.78 is 12.7. The van der Waals surface area contributed by atoms with Crippen molar-refractivity contribution in [3.05, 3.63) is 48.2 Å². The number of aromatic nitrogens is 3. The number of nitrogens with zero attached hydrogens (tertiary/aromatic N) is 3. The molecular formula is C20H23N3O3S. The van der Waals surface area contributed by atoms with Crippen LogP contribution in [-0.4, -0.2) is 32.6 Å². The van der Waals surface area contributed by atoms with Crippen molar-refractivity contribution < 1.29 is 13.9 Å². The monoisotopic (exact) mass is 385 g/mol. The molecule has 27 heavy (non-hydrogen) atoms. The number of hydrogen-bond acceptors (Lipinski definition) is 6. The van der Waals surface area contributed by atoms with E-state index in [1.807, 2.05) is 61.7 Å². The number of benzene rings is 1. The summed E-state index contributed by atoms with van der Waals surface area (Å²) in [6.07, 6.45) is 3.19. The number of furan rings is 1. The molecule has 0 N–H and O–H groups in total. The lowest BCUT2D eigenvalue weighted by Crippen LogP contribution is -2.20. The average Bonchev–Trinajstić information content (AvgIpc) is 3.32. The van der Waals surface area contributed by atoms with Gasteiger partial charge in [0, 0.05) is 5.69 Å². The fraction of sp³-hybridized carbons (Fsp3) is 0.350. The second kappa shape index (κ2) is 8.90. The fourth-order valence-electron chi connectivity index (χ4n) is 2.69. The number of hydrogen-bond donors (Lipinski definition) is 0. The van der Waals surface area contributed by atoms with Gasteiger partial charge in [0.05, 0.1) is 12.9 Å². The zero-order chi connectivity index (χ0) is 19.2. The summed E-state index contributed by atoms with van der Waals surface area (Å²) in [5, 5.41) is 8.98. The Morgan fingerprint density at radius 2 is 2.00 bits per heavy atom. The van der Waals surface area contributed by atoms with Gasteiger partial charge in [0.25, 0.3) is 0 Å². The number of esters is 1. The highest BCUT2D eigenvalue weighted by Gasteiger charge is 2.26. The highest BCUT2D eigenvalue weighted by molar-refractivity contribution is 8.00. The van der Waals surface area contributed by atoms with E-state index in [0.29, 0.717) is 29.8 Å². The molecule has 2 heterocycles. The van der Waals surface area contributed by atoms with E-state index < -0.39 is 0 Å². The van der Waals surface area contributed by atoms with Gasteiger partial charge in [0.15, 0.2) is 10.9 Å². The maximum Gasteiger partial charge on any atom is 0.319 e. The van der Waals surface area contributed by atoms with Crippen LogP contribution in [-0.2, 0) is 9.53 Å². The molecule has 0 aliphatic carbocycles. The molecule has 6 nitrogen and oxygen atoms in total. The van der Waals surface area contributed by atoms with Gasteiger partial charge in [-0.05, 0) is 44.5 Å². The first-order valence-electron chi connectivity index (χ1n) is 9.03. The van der Waals surface area contributed by atoms with Gasteiger partial charge >= 0.3 is 5.97 Å². The molecule has 0 fully saturated rings. The Morgan fingerprint density at radius 3 is 2.63 bits per heavy atom. The summed E-state index contributed by atoms with van der Waals surface area (Å²) in [4.78, 5) is 12.3. The Kier molecular flexibility index (Phi) is 6.34. The molecule has 7 heteroatoms. The minimum absolute atomic E-state index is 0.220. The number of carbonyl (C=O) groups excluding carboxylic acids is 1. The van der Waals surface area contributed by atoms with Crippen molar-refractivity contribution in [1.29, 1.82) is 0 Å². The van der Waals surface area contributed by atoms with Crippen molar-refractivity contribution in [2.45, 2.75) is 44.0 Å². The zero-order valence-corrected chi connectivity index (χ0v) is 16.5. The fourth-order valence-corrected chi connectivity index (χ4v) is 3.85. The highest BCUT2D eigenvalue weighted by atomic mass is 32.2. The Morgan fingerprint density at radius 1 is 1.22 bits per heavy atom. The van der Waals surface area contributed by atoms with Crippen molar-refractivity contribution in [2.75, 3.05) is 6.61 Å². The molecule has 0 unspecified atom stereocenters. The molecule has 0 saturated carbocycles. The molecule has 2 aromatic heterocycles. The molecule has 0 saturated heterocycles. The Labute approximate surface area is 162 Å². The van der Waals surface area contributed by atoms with Crippen LogP contribution in [0.4, 0.5) is 0 Å². The van der Waals surface area contributed by atoms with Crippen LogP contribution in [0.1, 0.15) is 32.3 Å². The Balaban J connectivity index is 2.02. The van der Waals surface area contributed by atoms with Crippen LogP contribution in [0.5, 0.6) is 0 Å². The first-order chi connectivity index (χ1) is 13.1. The molecule has 1 aromatic carbocycles. The van der Waals surface area contributed by atoms with Crippen LogP contribution in [0.2, 0.25) is 0 Å². The number of rotatable bonds is 8. The minimum atomic E-state index is -0.326. The first-order valence-corrected chi connectivity index (χ1v) is 9.91. The van der Waals surface area contributed by atoms with Gasteiger partial charge in [-0.15, -0.1) is 10.2 Å². The van der Waals surface area contributed by atoms with E-state index in [4.69, 9.17) is 9.15 Å². The van der Waals surface area contributed by atoms with E-state index in [0.717, 1.165) is 17.7 Å². The standard InChI is InChI=1S/C20H23N3O3S/c1-4-7-17(19(24)25-5-2)27-20-22-21-18(16-8-6-13-26-16)23(20)15-11-9-14(3)10-12-15/h6,8-13,17H,4-5,7H2,1-3H3/t17-/m0/s1. The molecule has 0 radical (unpaired) electrons. The second-order valence-electron chi connectivity index (χ2n) is 6.10.